The summed E-state index contributed by atoms with van der Waals surface area (Å²) in [6, 6.07) is 5.24. The summed E-state index contributed by atoms with van der Waals surface area (Å²) < 4.78 is 0. The van der Waals surface area contributed by atoms with Crippen molar-refractivity contribution < 1.29 is 4.79 Å². The second kappa shape index (κ2) is 4.28. The molecule has 0 aliphatic carbocycles. The van der Waals surface area contributed by atoms with E-state index in [0.29, 0.717) is 11.4 Å². The predicted octanol–water partition coefficient (Wildman–Crippen LogP) is 2.28. The molecule has 1 unspecified atom stereocenters. The molecule has 0 fully saturated rings. The number of Topliss-reactive ketones (excluding diaryl/α,β-unsaturated/α-hetero) is 1. The number of carbonyl (C=O) groups excluding carboxylic acids is 1. The largest absolute Gasteiger partial charge is 0.360 e. The number of hydrogen-bond donors (Lipinski definition) is 2. The number of benzene rings is 1. The van der Waals surface area contributed by atoms with Crippen molar-refractivity contribution in [2.75, 3.05) is 0 Å². The molecule has 0 amide bonds. The number of halogens is 1. The number of H-pyrrole nitrogens is 1. The van der Waals surface area contributed by atoms with Crippen LogP contribution in [0.3, 0.4) is 0 Å². The molecule has 4 heteroatoms. The number of rotatable bonds is 3. The number of aromatic amines is 1. The molecule has 16 heavy (non-hydrogen) atoms. The van der Waals surface area contributed by atoms with Crippen molar-refractivity contribution >= 4 is 28.3 Å². The van der Waals surface area contributed by atoms with Gasteiger partial charge in [0, 0.05) is 11.6 Å². The minimum absolute atomic E-state index is 0.00335. The van der Waals surface area contributed by atoms with Gasteiger partial charge in [-0.2, -0.15) is 0 Å². The van der Waals surface area contributed by atoms with Crippen LogP contribution in [0.5, 0.6) is 0 Å². The normalized spacial score (nSPS) is 12.9. The Morgan fingerprint density at radius 3 is 3.00 bits per heavy atom. The molecule has 1 heterocycles. The first-order chi connectivity index (χ1) is 7.59. The van der Waals surface area contributed by atoms with E-state index >= 15 is 0 Å². The highest BCUT2D eigenvalue weighted by molar-refractivity contribution is 6.35. The number of fused-ring (bicyclic) bond motifs is 1. The fourth-order valence-corrected chi connectivity index (χ4v) is 1.95. The summed E-state index contributed by atoms with van der Waals surface area (Å²) in [5.41, 5.74) is 7.67. The van der Waals surface area contributed by atoms with Crippen LogP contribution < -0.4 is 5.73 Å². The number of carbonyl (C=O) groups is 1. The average molecular weight is 237 g/mol. The van der Waals surface area contributed by atoms with E-state index < -0.39 is 6.04 Å². The van der Waals surface area contributed by atoms with Crippen LogP contribution in [0.2, 0.25) is 5.02 Å². The summed E-state index contributed by atoms with van der Waals surface area (Å²) in [6.07, 6.45) is 2.40. The van der Waals surface area contributed by atoms with Crippen LogP contribution in [0.1, 0.15) is 12.5 Å². The quantitative estimate of drug-likeness (QED) is 0.859. The van der Waals surface area contributed by atoms with Gasteiger partial charge in [0.2, 0.25) is 0 Å². The van der Waals surface area contributed by atoms with Crippen LogP contribution in [-0.2, 0) is 11.2 Å². The Labute approximate surface area is 98.6 Å². The molecular weight excluding hydrogens is 224 g/mol. The van der Waals surface area contributed by atoms with Crippen molar-refractivity contribution in [1.82, 2.24) is 4.98 Å². The van der Waals surface area contributed by atoms with E-state index in [1.54, 1.807) is 0 Å². The Hall–Kier alpha value is -1.32. The van der Waals surface area contributed by atoms with Gasteiger partial charge in [-0.1, -0.05) is 23.7 Å². The van der Waals surface area contributed by atoms with Gasteiger partial charge in [-0.05, 0) is 25.0 Å². The maximum Gasteiger partial charge on any atom is 0.146 e. The van der Waals surface area contributed by atoms with E-state index in [1.165, 1.54) is 6.92 Å². The summed E-state index contributed by atoms with van der Waals surface area (Å²) in [5, 5.41) is 1.71. The molecule has 0 radical (unpaired) electrons. The Morgan fingerprint density at radius 1 is 1.56 bits per heavy atom. The Balaban J connectivity index is 2.39. The average Bonchev–Trinajstić information content (AvgIpc) is 2.63. The van der Waals surface area contributed by atoms with Crippen LogP contribution in [0.25, 0.3) is 10.9 Å². The van der Waals surface area contributed by atoms with Crippen molar-refractivity contribution in [3.8, 4) is 0 Å². The van der Waals surface area contributed by atoms with Gasteiger partial charge in [0.05, 0.1) is 16.6 Å². The van der Waals surface area contributed by atoms with E-state index in [1.807, 2.05) is 24.4 Å². The molecule has 0 bridgehead atoms. The summed E-state index contributed by atoms with van der Waals surface area (Å²) in [5.74, 6) is -0.00335. The lowest BCUT2D eigenvalue weighted by atomic mass is 10.0. The zero-order valence-corrected chi connectivity index (χ0v) is 9.71. The highest BCUT2D eigenvalue weighted by Crippen LogP contribution is 2.25. The molecule has 1 atom stereocenters. The number of nitrogens with one attached hydrogen (secondary N) is 1. The predicted molar refractivity (Wildman–Crippen MR) is 65.7 cm³/mol. The van der Waals surface area contributed by atoms with Crippen LogP contribution in [-0.4, -0.2) is 16.8 Å². The van der Waals surface area contributed by atoms with E-state index in [4.69, 9.17) is 17.3 Å². The van der Waals surface area contributed by atoms with Gasteiger partial charge in [0.1, 0.15) is 5.78 Å². The summed E-state index contributed by atoms with van der Waals surface area (Å²) in [6.45, 7) is 1.51. The van der Waals surface area contributed by atoms with Crippen molar-refractivity contribution in [3.05, 3.63) is 35.0 Å². The fraction of sp³-hybridized carbons (Fsp3) is 0.250. The monoisotopic (exact) mass is 236 g/mol. The standard InChI is InChI=1S/C12H13ClN2O/c1-7(16)11(14)5-8-6-15-12-9(8)3-2-4-10(12)13/h2-4,6,11,15H,5,14H2,1H3. The number of aromatic nitrogens is 1. The first-order valence-corrected chi connectivity index (χ1v) is 5.48. The number of nitrogens with two attached hydrogens (primary N) is 1. The van der Waals surface area contributed by atoms with E-state index in [9.17, 15) is 4.79 Å². The van der Waals surface area contributed by atoms with Crippen LogP contribution in [0, 0.1) is 0 Å². The molecule has 0 saturated carbocycles. The van der Waals surface area contributed by atoms with E-state index in [2.05, 4.69) is 4.98 Å². The van der Waals surface area contributed by atoms with Gasteiger partial charge in [-0.25, -0.2) is 0 Å². The number of ketones is 1. The first-order valence-electron chi connectivity index (χ1n) is 5.10. The van der Waals surface area contributed by atoms with E-state index in [-0.39, 0.29) is 5.78 Å². The SMILES string of the molecule is CC(=O)C(N)Cc1c[nH]c2c(Cl)cccc12. The van der Waals surface area contributed by atoms with Crippen LogP contribution in [0.15, 0.2) is 24.4 Å². The maximum atomic E-state index is 11.1. The number of hydrogen-bond acceptors (Lipinski definition) is 2. The Morgan fingerprint density at radius 2 is 2.31 bits per heavy atom. The zero-order valence-electron chi connectivity index (χ0n) is 8.96. The second-order valence-electron chi connectivity index (χ2n) is 3.90. The third-order valence-electron chi connectivity index (χ3n) is 2.71. The molecule has 0 spiro atoms. The van der Waals surface area contributed by atoms with Crippen LogP contribution in [0.4, 0.5) is 0 Å². The van der Waals surface area contributed by atoms with Gasteiger partial charge in [0.25, 0.3) is 0 Å². The maximum absolute atomic E-state index is 11.1. The molecule has 0 aliphatic heterocycles. The minimum atomic E-state index is -0.446. The molecule has 1 aromatic heterocycles. The Kier molecular flexibility index (Phi) is 2.99. The van der Waals surface area contributed by atoms with Gasteiger partial charge in [-0.3, -0.25) is 4.79 Å². The van der Waals surface area contributed by atoms with E-state index in [0.717, 1.165) is 16.5 Å². The zero-order chi connectivity index (χ0) is 11.7. The number of para-hydroxylation sites is 1. The van der Waals surface area contributed by atoms with Gasteiger partial charge < -0.3 is 10.7 Å². The van der Waals surface area contributed by atoms with Crippen molar-refractivity contribution in [3.63, 3.8) is 0 Å². The van der Waals surface area contributed by atoms with Crippen molar-refractivity contribution in [2.45, 2.75) is 19.4 Å². The molecule has 1 aromatic carbocycles. The Bertz CT molecular complexity index is 533. The summed E-state index contributed by atoms with van der Waals surface area (Å²) in [4.78, 5) is 14.2. The first kappa shape index (κ1) is 11.2. The molecule has 0 aliphatic rings. The topological polar surface area (TPSA) is 58.9 Å². The lowest BCUT2D eigenvalue weighted by molar-refractivity contribution is -0.118. The lowest BCUT2D eigenvalue weighted by Crippen LogP contribution is -2.30. The second-order valence-corrected chi connectivity index (χ2v) is 4.30. The molecule has 2 rings (SSSR count). The lowest BCUT2D eigenvalue weighted by Gasteiger charge is -2.06. The molecule has 0 saturated heterocycles. The van der Waals surface area contributed by atoms with Crippen LogP contribution >= 0.6 is 11.6 Å². The summed E-state index contributed by atoms with van der Waals surface area (Å²) >= 11 is 6.04. The van der Waals surface area contributed by atoms with Crippen molar-refractivity contribution in [2.24, 2.45) is 5.73 Å². The fourth-order valence-electron chi connectivity index (χ4n) is 1.72. The van der Waals surface area contributed by atoms with Crippen molar-refractivity contribution in [1.29, 1.82) is 0 Å². The molecular formula is C12H13ClN2O. The minimum Gasteiger partial charge on any atom is -0.360 e. The molecule has 2 aromatic rings. The third-order valence-corrected chi connectivity index (χ3v) is 3.03. The highest BCUT2D eigenvalue weighted by Gasteiger charge is 2.13. The summed E-state index contributed by atoms with van der Waals surface area (Å²) in [7, 11) is 0. The molecule has 3 nitrogen and oxygen atoms in total. The molecule has 84 valence electrons. The van der Waals surface area contributed by atoms with Gasteiger partial charge >= 0.3 is 0 Å². The smallest absolute Gasteiger partial charge is 0.146 e. The highest BCUT2D eigenvalue weighted by atomic mass is 35.5. The third kappa shape index (κ3) is 1.96. The van der Waals surface area contributed by atoms with Gasteiger partial charge in [0.15, 0.2) is 0 Å². The van der Waals surface area contributed by atoms with Gasteiger partial charge in [-0.15, -0.1) is 0 Å². The molecule has 3 N–H and O–H groups in total.